The summed E-state index contributed by atoms with van der Waals surface area (Å²) in [7, 11) is 0. The van der Waals surface area contributed by atoms with Crippen molar-refractivity contribution in [1.82, 2.24) is 9.13 Å². The van der Waals surface area contributed by atoms with Crippen molar-refractivity contribution in [3.05, 3.63) is 112 Å². The average molecular weight is 617 g/mol. The standard InChI is InChI=1S/C32H31BrN3.BrH/c1-23-19-31-32(20-24(23)2)35(21-25-11-3-6-14-28(25)33)22-34(31)17-9-10-18-36-29-15-7-4-12-26(29)27-13-5-8-16-30(27)36;/h3-8,11-16,19-20,22H,9-10,17-18,21H2,1-2H3;1H/q+1;/p-1. The number of aryl methyl sites for hydroxylation is 4. The molecule has 0 amide bonds. The number of unbranched alkanes of at least 4 members (excludes halogenated alkanes) is 1. The van der Waals surface area contributed by atoms with Crippen molar-refractivity contribution in [3.63, 3.8) is 0 Å². The summed E-state index contributed by atoms with van der Waals surface area (Å²) in [6, 6.07) is 30.8. The summed E-state index contributed by atoms with van der Waals surface area (Å²) in [6.45, 7) is 7.32. The van der Waals surface area contributed by atoms with Crippen LogP contribution in [0.2, 0.25) is 0 Å². The summed E-state index contributed by atoms with van der Waals surface area (Å²) < 4.78 is 8.51. The van der Waals surface area contributed by atoms with Gasteiger partial charge in [0.25, 0.3) is 0 Å². The highest BCUT2D eigenvalue weighted by molar-refractivity contribution is 9.10. The van der Waals surface area contributed by atoms with Gasteiger partial charge < -0.3 is 21.5 Å². The third-order valence-electron chi connectivity index (χ3n) is 7.50. The number of fused-ring (bicyclic) bond motifs is 4. The van der Waals surface area contributed by atoms with E-state index in [1.807, 2.05) is 0 Å². The summed E-state index contributed by atoms with van der Waals surface area (Å²) in [4.78, 5) is 0. The predicted octanol–water partition coefficient (Wildman–Crippen LogP) is 4.95. The van der Waals surface area contributed by atoms with Gasteiger partial charge >= 0.3 is 0 Å². The average Bonchev–Trinajstić information content (AvgIpc) is 3.39. The van der Waals surface area contributed by atoms with Crippen LogP contribution in [0.25, 0.3) is 32.8 Å². The zero-order valence-electron chi connectivity index (χ0n) is 21.3. The first kappa shape index (κ1) is 25.7. The molecule has 0 saturated carbocycles. The molecule has 0 aliphatic rings. The number of aromatic nitrogens is 3. The van der Waals surface area contributed by atoms with Gasteiger partial charge in [-0.1, -0.05) is 70.5 Å². The van der Waals surface area contributed by atoms with Crippen LogP contribution in [-0.2, 0) is 19.6 Å². The highest BCUT2D eigenvalue weighted by atomic mass is 79.9. The fourth-order valence-corrected chi connectivity index (χ4v) is 5.86. The molecule has 0 unspecified atom stereocenters. The fourth-order valence-electron chi connectivity index (χ4n) is 5.45. The van der Waals surface area contributed by atoms with Gasteiger partial charge in [-0.15, -0.1) is 0 Å². The molecule has 0 aliphatic carbocycles. The van der Waals surface area contributed by atoms with Crippen LogP contribution in [0.5, 0.6) is 0 Å². The van der Waals surface area contributed by atoms with Gasteiger partial charge in [-0.3, -0.25) is 0 Å². The first-order valence-electron chi connectivity index (χ1n) is 12.8. The third-order valence-corrected chi connectivity index (χ3v) is 8.27. The number of hydrogen-bond donors (Lipinski definition) is 0. The lowest BCUT2D eigenvalue weighted by molar-refractivity contribution is -0.663. The van der Waals surface area contributed by atoms with Crippen LogP contribution >= 0.6 is 15.9 Å². The highest BCUT2D eigenvalue weighted by Gasteiger charge is 2.18. The Morgan fingerprint density at radius 2 is 1.30 bits per heavy atom. The minimum absolute atomic E-state index is 0. The molecule has 37 heavy (non-hydrogen) atoms. The fraction of sp³-hybridized carbons (Fsp3) is 0.219. The molecule has 5 heteroatoms. The lowest BCUT2D eigenvalue weighted by Crippen LogP contribution is -3.00. The Morgan fingerprint density at radius 1 is 0.703 bits per heavy atom. The van der Waals surface area contributed by atoms with Crippen molar-refractivity contribution in [2.75, 3.05) is 0 Å². The summed E-state index contributed by atoms with van der Waals surface area (Å²) in [6.07, 6.45) is 4.58. The Bertz CT molecular complexity index is 1660. The van der Waals surface area contributed by atoms with Crippen LogP contribution in [0.15, 0.2) is 95.7 Å². The van der Waals surface area contributed by atoms with Crippen LogP contribution in [-0.4, -0.2) is 9.13 Å². The Hall–Kier alpha value is -2.89. The van der Waals surface area contributed by atoms with Crippen molar-refractivity contribution in [1.29, 1.82) is 0 Å². The van der Waals surface area contributed by atoms with Gasteiger partial charge in [0, 0.05) is 38.4 Å². The monoisotopic (exact) mass is 615 g/mol. The molecule has 0 spiro atoms. The Balaban J connectivity index is 0.00000280. The second-order valence-electron chi connectivity index (χ2n) is 9.85. The van der Waals surface area contributed by atoms with Gasteiger partial charge in [-0.25, -0.2) is 9.13 Å². The predicted molar refractivity (Wildman–Crippen MR) is 154 cm³/mol. The van der Waals surface area contributed by atoms with Gasteiger partial charge in [0.05, 0.1) is 6.54 Å². The van der Waals surface area contributed by atoms with E-state index in [-0.39, 0.29) is 17.0 Å². The molecule has 0 saturated heterocycles. The number of rotatable bonds is 7. The molecule has 6 rings (SSSR count). The SMILES string of the molecule is Cc1cc2c(cc1C)[n+](Cc1ccccc1Br)cn2CCCCn1c2ccccc2c2ccccc21.[Br-]. The van der Waals surface area contributed by atoms with Crippen LogP contribution in [0, 0.1) is 13.8 Å². The van der Waals surface area contributed by atoms with Crippen molar-refractivity contribution < 1.29 is 21.5 Å². The van der Waals surface area contributed by atoms with Crippen LogP contribution in [0.1, 0.15) is 29.5 Å². The van der Waals surface area contributed by atoms with E-state index < -0.39 is 0 Å². The van der Waals surface area contributed by atoms with E-state index in [1.54, 1.807) is 0 Å². The van der Waals surface area contributed by atoms with Gasteiger partial charge in [0.2, 0.25) is 6.33 Å². The van der Waals surface area contributed by atoms with E-state index in [0.29, 0.717) is 0 Å². The van der Waals surface area contributed by atoms with Crippen molar-refractivity contribution in [2.45, 2.75) is 46.3 Å². The smallest absolute Gasteiger partial charge is 0.245 e. The molecular formula is C32H31Br2N3. The molecule has 0 bridgehead atoms. The van der Waals surface area contributed by atoms with Crippen LogP contribution < -0.4 is 21.5 Å². The number of para-hydroxylation sites is 2. The lowest BCUT2D eigenvalue weighted by atomic mass is 10.1. The van der Waals surface area contributed by atoms with Gasteiger partial charge in [0.1, 0.15) is 6.54 Å². The molecule has 3 nitrogen and oxygen atoms in total. The molecule has 0 atom stereocenters. The number of imidazole rings is 1. The summed E-state index contributed by atoms with van der Waals surface area (Å²) in [5, 5.41) is 2.70. The maximum atomic E-state index is 3.73. The zero-order valence-corrected chi connectivity index (χ0v) is 24.5. The second kappa shape index (κ2) is 10.8. The number of benzene rings is 4. The molecule has 0 N–H and O–H groups in total. The van der Waals surface area contributed by atoms with E-state index >= 15 is 0 Å². The first-order chi connectivity index (χ1) is 17.6. The van der Waals surface area contributed by atoms with Crippen molar-refractivity contribution >= 4 is 48.8 Å². The summed E-state index contributed by atoms with van der Waals surface area (Å²) in [5.74, 6) is 0. The second-order valence-corrected chi connectivity index (χ2v) is 10.7. The van der Waals surface area contributed by atoms with E-state index in [2.05, 4.69) is 135 Å². The van der Waals surface area contributed by atoms with E-state index in [9.17, 15) is 0 Å². The normalized spacial score (nSPS) is 11.4. The van der Waals surface area contributed by atoms with E-state index in [4.69, 9.17) is 0 Å². The van der Waals surface area contributed by atoms with Gasteiger partial charge in [-0.2, -0.15) is 0 Å². The van der Waals surface area contributed by atoms with E-state index in [0.717, 1.165) is 36.9 Å². The minimum atomic E-state index is 0. The Kier molecular flexibility index (Phi) is 7.55. The minimum Gasteiger partial charge on any atom is -1.00 e. The summed E-state index contributed by atoms with van der Waals surface area (Å²) in [5.41, 5.74) is 9.28. The zero-order chi connectivity index (χ0) is 24.6. The van der Waals surface area contributed by atoms with Crippen LogP contribution in [0.3, 0.4) is 0 Å². The topological polar surface area (TPSA) is 13.7 Å². The number of hydrogen-bond acceptors (Lipinski definition) is 0. The largest absolute Gasteiger partial charge is 1.00 e. The molecule has 0 fully saturated rings. The molecular weight excluding hydrogens is 586 g/mol. The van der Waals surface area contributed by atoms with Crippen LogP contribution in [0.4, 0.5) is 0 Å². The molecule has 4 aromatic carbocycles. The van der Waals surface area contributed by atoms with E-state index in [1.165, 1.54) is 49.5 Å². The Morgan fingerprint density at radius 3 is 2.00 bits per heavy atom. The Labute approximate surface area is 237 Å². The number of halogens is 2. The molecule has 0 radical (unpaired) electrons. The maximum absolute atomic E-state index is 3.73. The number of nitrogens with zero attached hydrogens (tertiary/aromatic N) is 3. The molecule has 2 aromatic heterocycles. The summed E-state index contributed by atoms with van der Waals surface area (Å²) >= 11 is 3.73. The van der Waals surface area contributed by atoms with Gasteiger partial charge in [-0.05, 0) is 68.1 Å². The quantitative estimate of drug-likeness (QED) is 0.178. The third kappa shape index (κ3) is 4.87. The van der Waals surface area contributed by atoms with Crippen molar-refractivity contribution in [2.24, 2.45) is 0 Å². The lowest BCUT2D eigenvalue weighted by Gasteiger charge is -2.07. The van der Waals surface area contributed by atoms with Gasteiger partial charge in [0.15, 0.2) is 11.0 Å². The molecule has 2 heterocycles. The molecule has 188 valence electrons. The molecule has 0 aliphatic heterocycles. The highest BCUT2D eigenvalue weighted by Crippen LogP contribution is 2.29. The maximum Gasteiger partial charge on any atom is 0.245 e. The molecule has 6 aromatic rings. The first-order valence-corrected chi connectivity index (χ1v) is 13.6. The van der Waals surface area contributed by atoms with Crippen molar-refractivity contribution in [3.8, 4) is 0 Å².